The van der Waals surface area contributed by atoms with Gasteiger partial charge in [-0.1, -0.05) is 42.0 Å². The van der Waals surface area contributed by atoms with E-state index in [1.807, 2.05) is 18.2 Å². The molecule has 3 aromatic rings. The van der Waals surface area contributed by atoms with Crippen LogP contribution < -0.4 is 5.32 Å². The summed E-state index contributed by atoms with van der Waals surface area (Å²) in [4.78, 5) is 19.1. The quantitative estimate of drug-likeness (QED) is 0.585. The highest BCUT2D eigenvalue weighted by molar-refractivity contribution is 8.02. The monoisotopic (exact) mass is 458 g/mol. The number of nitrogens with one attached hydrogen (secondary N) is 1. The molecule has 1 aliphatic heterocycles. The Labute approximate surface area is 184 Å². The molecule has 1 saturated heterocycles. The van der Waals surface area contributed by atoms with Crippen LogP contribution in [0.4, 0.5) is 5.13 Å². The van der Waals surface area contributed by atoms with Crippen molar-refractivity contribution in [3.63, 3.8) is 0 Å². The van der Waals surface area contributed by atoms with Gasteiger partial charge in [0.15, 0.2) is 15.0 Å². The number of carbonyl (C=O) groups is 1. The first-order valence-electron chi connectivity index (χ1n) is 9.66. The number of anilines is 1. The average Bonchev–Trinajstić information content (AvgIpc) is 3.29. The molecule has 1 fully saturated rings. The van der Waals surface area contributed by atoms with Crippen LogP contribution in [0.15, 0.2) is 59.6 Å². The Hall–Kier alpha value is -2.16. The van der Waals surface area contributed by atoms with E-state index in [1.165, 1.54) is 34.2 Å². The number of amides is 1. The number of benzene rings is 2. The van der Waals surface area contributed by atoms with Crippen LogP contribution in [0.2, 0.25) is 0 Å². The van der Waals surface area contributed by atoms with E-state index in [2.05, 4.69) is 41.5 Å². The Bertz CT molecular complexity index is 1150. The van der Waals surface area contributed by atoms with E-state index in [0.29, 0.717) is 17.1 Å². The largest absolute Gasteiger partial charge is 0.298 e. The molecule has 2 aromatic carbocycles. The molecule has 1 amide bonds. The van der Waals surface area contributed by atoms with Gasteiger partial charge < -0.3 is 0 Å². The van der Waals surface area contributed by atoms with Crippen molar-refractivity contribution < 1.29 is 13.2 Å². The van der Waals surface area contributed by atoms with Gasteiger partial charge in [0.05, 0.1) is 17.1 Å². The highest BCUT2D eigenvalue weighted by atomic mass is 32.2. The predicted molar refractivity (Wildman–Crippen MR) is 123 cm³/mol. The first kappa shape index (κ1) is 21.1. The number of rotatable bonds is 6. The molecule has 0 radical (unpaired) electrons. The van der Waals surface area contributed by atoms with Gasteiger partial charge >= 0.3 is 0 Å². The van der Waals surface area contributed by atoms with Crippen LogP contribution in [0.25, 0.3) is 0 Å². The standard InChI is InChI=1S/C22H22N2O3S3/c1-15-6-8-16(9-7-15)12-18-13-23-22(29-18)24-21(25)19-4-2-3-5-20(19)28-17-10-11-30(26,27)14-17/h2-9,13,17H,10-12,14H2,1H3,(H,23,24,25). The number of sulfone groups is 1. The van der Waals surface area contributed by atoms with E-state index >= 15 is 0 Å². The van der Waals surface area contributed by atoms with E-state index in [-0.39, 0.29) is 22.7 Å². The first-order chi connectivity index (χ1) is 14.4. The summed E-state index contributed by atoms with van der Waals surface area (Å²) in [6, 6.07) is 15.7. The fraction of sp³-hybridized carbons (Fsp3) is 0.273. The molecule has 156 valence electrons. The molecule has 30 heavy (non-hydrogen) atoms. The fourth-order valence-corrected chi connectivity index (χ4v) is 7.78. The number of aromatic nitrogens is 1. The molecule has 5 nitrogen and oxygen atoms in total. The van der Waals surface area contributed by atoms with Gasteiger partial charge in [-0.15, -0.1) is 23.1 Å². The van der Waals surface area contributed by atoms with Crippen molar-refractivity contribution in [3.05, 3.63) is 76.3 Å². The molecule has 1 N–H and O–H groups in total. The van der Waals surface area contributed by atoms with Gasteiger partial charge in [0.25, 0.3) is 5.91 Å². The lowest BCUT2D eigenvalue weighted by atomic mass is 10.1. The highest BCUT2D eigenvalue weighted by Crippen LogP contribution is 2.33. The molecular weight excluding hydrogens is 436 g/mol. The second-order valence-electron chi connectivity index (χ2n) is 7.39. The molecular formula is C22H22N2O3S3. The van der Waals surface area contributed by atoms with Gasteiger partial charge in [-0.25, -0.2) is 13.4 Å². The van der Waals surface area contributed by atoms with Crippen LogP contribution in [-0.4, -0.2) is 36.1 Å². The SMILES string of the molecule is Cc1ccc(Cc2cnc(NC(=O)c3ccccc3SC3CCS(=O)(=O)C3)s2)cc1. The molecule has 2 heterocycles. The number of hydrogen-bond acceptors (Lipinski definition) is 6. The van der Waals surface area contributed by atoms with E-state index < -0.39 is 9.84 Å². The second-order valence-corrected chi connectivity index (χ2v) is 12.1. The zero-order valence-corrected chi connectivity index (χ0v) is 18.9. The highest BCUT2D eigenvalue weighted by Gasteiger charge is 2.29. The molecule has 1 aliphatic rings. The third-order valence-electron chi connectivity index (χ3n) is 4.89. The third-order valence-corrected chi connectivity index (χ3v) is 9.13. The molecule has 0 bridgehead atoms. The zero-order chi connectivity index (χ0) is 21.1. The lowest BCUT2D eigenvalue weighted by molar-refractivity contribution is 0.102. The fourth-order valence-electron chi connectivity index (χ4n) is 3.31. The molecule has 0 aliphatic carbocycles. The van der Waals surface area contributed by atoms with Crippen molar-refractivity contribution >= 4 is 44.0 Å². The van der Waals surface area contributed by atoms with Crippen molar-refractivity contribution in [2.75, 3.05) is 16.8 Å². The minimum Gasteiger partial charge on any atom is -0.298 e. The van der Waals surface area contributed by atoms with E-state index in [4.69, 9.17) is 0 Å². The van der Waals surface area contributed by atoms with E-state index in [1.54, 1.807) is 12.3 Å². The number of carbonyl (C=O) groups excluding carboxylic acids is 1. The molecule has 0 saturated carbocycles. The first-order valence-corrected chi connectivity index (χ1v) is 13.2. The summed E-state index contributed by atoms with van der Waals surface area (Å²) in [6.45, 7) is 2.06. The van der Waals surface area contributed by atoms with Crippen LogP contribution in [0.5, 0.6) is 0 Å². The molecule has 0 spiro atoms. The summed E-state index contributed by atoms with van der Waals surface area (Å²) >= 11 is 2.93. The van der Waals surface area contributed by atoms with Gasteiger partial charge in [0.2, 0.25) is 0 Å². The molecule has 1 unspecified atom stereocenters. The topological polar surface area (TPSA) is 76.1 Å². The molecule has 1 aromatic heterocycles. The summed E-state index contributed by atoms with van der Waals surface area (Å²) < 4.78 is 23.5. The molecule has 1 atom stereocenters. The Balaban J connectivity index is 1.43. The van der Waals surface area contributed by atoms with Crippen molar-refractivity contribution in [1.82, 2.24) is 4.98 Å². The summed E-state index contributed by atoms with van der Waals surface area (Å²) in [5.41, 5.74) is 2.97. The maximum absolute atomic E-state index is 12.9. The van der Waals surface area contributed by atoms with Gasteiger partial charge in [-0.05, 0) is 31.0 Å². The predicted octanol–water partition coefficient (Wildman–Crippen LogP) is 4.57. The van der Waals surface area contributed by atoms with Crippen LogP contribution in [0.3, 0.4) is 0 Å². The number of thiazole rings is 1. The van der Waals surface area contributed by atoms with Gasteiger partial charge in [0.1, 0.15) is 0 Å². The van der Waals surface area contributed by atoms with Gasteiger partial charge in [-0.3, -0.25) is 10.1 Å². The van der Waals surface area contributed by atoms with Crippen LogP contribution >= 0.6 is 23.1 Å². The summed E-state index contributed by atoms with van der Waals surface area (Å²) in [7, 11) is -2.95. The van der Waals surface area contributed by atoms with Crippen molar-refractivity contribution in [2.45, 2.75) is 29.9 Å². The summed E-state index contributed by atoms with van der Waals surface area (Å²) in [5.74, 6) is 0.167. The van der Waals surface area contributed by atoms with Gasteiger partial charge in [0, 0.05) is 27.6 Å². The lowest BCUT2D eigenvalue weighted by Gasteiger charge is -2.12. The Morgan fingerprint density at radius 3 is 2.70 bits per heavy atom. The number of thioether (sulfide) groups is 1. The second kappa shape index (κ2) is 8.91. The maximum Gasteiger partial charge on any atom is 0.258 e. The van der Waals surface area contributed by atoms with Crippen LogP contribution in [0, 0.1) is 6.92 Å². The maximum atomic E-state index is 12.9. The van der Waals surface area contributed by atoms with E-state index in [9.17, 15) is 13.2 Å². The number of aryl methyl sites for hydroxylation is 1. The summed E-state index contributed by atoms with van der Waals surface area (Å²) in [6.07, 6.45) is 3.19. The Morgan fingerprint density at radius 1 is 1.20 bits per heavy atom. The Kier molecular flexibility index (Phi) is 6.26. The lowest BCUT2D eigenvalue weighted by Crippen LogP contribution is -2.14. The normalized spacial score (nSPS) is 17.7. The smallest absolute Gasteiger partial charge is 0.258 e. The number of nitrogens with zero attached hydrogens (tertiary/aromatic N) is 1. The minimum absolute atomic E-state index is 0.00933. The minimum atomic E-state index is -2.95. The molecule has 8 heteroatoms. The Morgan fingerprint density at radius 2 is 1.97 bits per heavy atom. The van der Waals surface area contributed by atoms with Gasteiger partial charge in [-0.2, -0.15) is 0 Å². The van der Waals surface area contributed by atoms with Crippen molar-refractivity contribution in [2.24, 2.45) is 0 Å². The van der Waals surface area contributed by atoms with Crippen LogP contribution in [0.1, 0.15) is 32.8 Å². The molecule has 4 rings (SSSR count). The zero-order valence-electron chi connectivity index (χ0n) is 16.5. The van der Waals surface area contributed by atoms with Crippen molar-refractivity contribution in [3.8, 4) is 0 Å². The number of hydrogen-bond donors (Lipinski definition) is 1. The van der Waals surface area contributed by atoms with E-state index in [0.717, 1.165) is 16.2 Å². The third kappa shape index (κ3) is 5.30. The average molecular weight is 459 g/mol. The van der Waals surface area contributed by atoms with Crippen molar-refractivity contribution in [1.29, 1.82) is 0 Å². The van der Waals surface area contributed by atoms with Crippen LogP contribution in [-0.2, 0) is 16.3 Å². The summed E-state index contributed by atoms with van der Waals surface area (Å²) in [5, 5.41) is 3.44.